The number of ether oxygens (including phenoxy) is 1. The van der Waals surface area contributed by atoms with Crippen LogP contribution in [0, 0.1) is 5.92 Å². The number of amides is 1. The summed E-state index contributed by atoms with van der Waals surface area (Å²) in [5.41, 5.74) is -0.485. The van der Waals surface area contributed by atoms with Crippen molar-refractivity contribution in [3.63, 3.8) is 0 Å². The molecule has 1 aromatic rings. The molecule has 3 atom stereocenters. The van der Waals surface area contributed by atoms with Gasteiger partial charge in [0.05, 0.1) is 6.26 Å². The fraction of sp³-hybridized carbons (Fsp3) is 0.722. The molecule has 3 N–H and O–H groups in total. The highest BCUT2D eigenvalue weighted by atomic mass is 16.6. The summed E-state index contributed by atoms with van der Waals surface area (Å²) in [7, 11) is 0. The zero-order valence-electron chi connectivity index (χ0n) is 14.9. The molecular formula is C18H30N2O4. The van der Waals surface area contributed by atoms with Crippen molar-refractivity contribution in [2.24, 2.45) is 5.92 Å². The van der Waals surface area contributed by atoms with Crippen molar-refractivity contribution in [2.45, 2.75) is 64.2 Å². The number of furan rings is 1. The summed E-state index contributed by atoms with van der Waals surface area (Å²) in [5, 5.41) is 16.4. The highest BCUT2D eigenvalue weighted by Crippen LogP contribution is 2.25. The molecule has 1 fully saturated rings. The SMILES string of the molecule is CC(C)(C)OC(=O)NCC1CCCCC1NCC(O)c1ccco1. The number of rotatable bonds is 6. The summed E-state index contributed by atoms with van der Waals surface area (Å²) in [6.45, 7) is 6.60. The Morgan fingerprint density at radius 1 is 1.42 bits per heavy atom. The third-order valence-electron chi connectivity index (χ3n) is 4.26. The number of nitrogens with one attached hydrogen (secondary N) is 2. The summed E-state index contributed by atoms with van der Waals surface area (Å²) < 4.78 is 10.5. The van der Waals surface area contributed by atoms with Gasteiger partial charge in [-0.25, -0.2) is 4.79 Å². The Labute approximate surface area is 143 Å². The molecule has 1 aliphatic rings. The lowest BCUT2D eigenvalue weighted by molar-refractivity contribution is 0.0508. The monoisotopic (exact) mass is 338 g/mol. The van der Waals surface area contributed by atoms with Crippen molar-refractivity contribution in [3.05, 3.63) is 24.2 Å². The van der Waals surface area contributed by atoms with E-state index in [1.807, 2.05) is 20.8 Å². The highest BCUT2D eigenvalue weighted by molar-refractivity contribution is 5.67. The maximum atomic E-state index is 11.8. The van der Waals surface area contributed by atoms with Gasteiger partial charge in [0.1, 0.15) is 17.5 Å². The van der Waals surface area contributed by atoms with Crippen LogP contribution in [0.4, 0.5) is 4.79 Å². The Bertz CT molecular complexity index is 496. The smallest absolute Gasteiger partial charge is 0.407 e. The van der Waals surface area contributed by atoms with Crippen LogP contribution in [-0.4, -0.2) is 35.9 Å². The maximum Gasteiger partial charge on any atom is 0.407 e. The molecule has 1 aromatic heterocycles. The van der Waals surface area contributed by atoms with Gasteiger partial charge in [0.25, 0.3) is 0 Å². The van der Waals surface area contributed by atoms with Crippen LogP contribution in [0.25, 0.3) is 0 Å². The van der Waals surface area contributed by atoms with Gasteiger partial charge in [-0.3, -0.25) is 0 Å². The average molecular weight is 338 g/mol. The van der Waals surface area contributed by atoms with Gasteiger partial charge < -0.3 is 24.9 Å². The lowest BCUT2D eigenvalue weighted by Crippen LogP contribution is -2.46. The molecule has 0 bridgehead atoms. The van der Waals surface area contributed by atoms with E-state index in [9.17, 15) is 9.90 Å². The Morgan fingerprint density at radius 2 is 2.17 bits per heavy atom. The molecule has 136 valence electrons. The van der Waals surface area contributed by atoms with Crippen LogP contribution in [0.3, 0.4) is 0 Å². The minimum atomic E-state index is -0.651. The number of hydrogen-bond donors (Lipinski definition) is 3. The molecule has 1 saturated carbocycles. The van der Waals surface area contributed by atoms with E-state index >= 15 is 0 Å². The van der Waals surface area contributed by atoms with Crippen molar-refractivity contribution < 1.29 is 19.1 Å². The molecule has 1 aliphatic carbocycles. The first-order valence-electron chi connectivity index (χ1n) is 8.77. The van der Waals surface area contributed by atoms with Crippen LogP contribution >= 0.6 is 0 Å². The predicted molar refractivity (Wildman–Crippen MR) is 91.7 cm³/mol. The Hall–Kier alpha value is -1.53. The molecule has 0 saturated heterocycles. The molecule has 3 unspecified atom stereocenters. The first-order valence-corrected chi connectivity index (χ1v) is 8.77. The van der Waals surface area contributed by atoms with Gasteiger partial charge in [-0.1, -0.05) is 12.8 Å². The second kappa shape index (κ2) is 8.53. The molecule has 0 aromatic carbocycles. The Balaban J connectivity index is 1.78. The first-order chi connectivity index (χ1) is 11.3. The van der Waals surface area contributed by atoms with Crippen LogP contribution in [0.2, 0.25) is 0 Å². The second-order valence-electron chi connectivity index (χ2n) is 7.47. The molecule has 6 heteroatoms. The number of alkyl carbamates (subject to hydrolysis) is 1. The molecule has 1 amide bonds. The fourth-order valence-corrected chi connectivity index (χ4v) is 3.09. The number of carbonyl (C=O) groups excluding carboxylic acids is 1. The van der Waals surface area contributed by atoms with Gasteiger partial charge in [0.2, 0.25) is 0 Å². The van der Waals surface area contributed by atoms with Crippen molar-refractivity contribution in [1.82, 2.24) is 10.6 Å². The summed E-state index contributed by atoms with van der Waals surface area (Å²) in [5.74, 6) is 0.914. The van der Waals surface area contributed by atoms with E-state index in [1.54, 1.807) is 18.4 Å². The largest absolute Gasteiger partial charge is 0.467 e. The topological polar surface area (TPSA) is 83.7 Å². The summed E-state index contributed by atoms with van der Waals surface area (Å²) in [6, 6.07) is 3.82. The highest BCUT2D eigenvalue weighted by Gasteiger charge is 2.27. The molecular weight excluding hydrogens is 308 g/mol. The Morgan fingerprint density at radius 3 is 2.83 bits per heavy atom. The van der Waals surface area contributed by atoms with Crippen LogP contribution in [-0.2, 0) is 4.74 Å². The van der Waals surface area contributed by atoms with Crippen molar-refractivity contribution in [3.8, 4) is 0 Å². The predicted octanol–water partition coefficient (Wildman–Crippen LogP) is 2.99. The average Bonchev–Trinajstić information content (AvgIpc) is 3.04. The van der Waals surface area contributed by atoms with Gasteiger partial charge in [0.15, 0.2) is 0 Å². The van der Waals surface area contributed by atoms with Crippen LogP contribution in [0.1, 0.15) is 58.3 Å². The van der Waals surface area contributed by atoms with Crippen molar-refractivity contribution >= 4 is 6.09 Å². The maximum absolute atomic E-state index is 11.8. The minimum absolute atomic E-state index is 0.276. The summed E-state index contributed by atoms with van der Waals surface area (Å²) in [6.07, 6.45) is 4.98. The van der Waals surface area contributed by atoms with E-state index < -0.39 is 11.7 Å². The summed E-state index contributed by atoms with van der Waals surface area (Å²) in [4.78, 5) is 11.8. The van der Waals surface area contributed by atoms with E-state index in [0.29, 0.717) is 24.8 Å². The van der Waals surface area contributed by atoms with E-state index in [-0.39, 0.29) is 12.1 Å². The van der Waals surface area contributed by atoms with Gasteiger partial charge in [-0.05, 0) is 51.7 Å². The third-order valence-corrected chi connectivity index (χ3v) is 4.26. The molecule has 24 heavy (non-hydrogen) atoms. The molecule has 2 rings (SSSR count). The summed E-state index contributed by atoms with van der Waals surface area (Å²) >= 11 is 0. The van der Waals surface area contributed by atoms with Crippen molar-refractivity contribution in [2.75, 3.05) is 13.1 Å². The molecule has 0 aliphatic heterocycles. The van der Waals surface area contributed by atoms with E-state index in [0.717, 1.165) is 19.3 Å². The number of aliphatic hydroxyl groups is 1. The van der Waals surface area contributed by atoms with Gasteiger partial charge in [-0.2, -0.15) is 0 Å². The molecule has 0 spiro atoms. The number of carbonyl (C=O) groups is 1. The fourth-order valence-electron chi connectivity index (χ4n) is 3.09. The van der Waals surface area contributed by atoms with Crippen LogP contribution < -0.4 is 10.6 Å². The standard InChI is InChI=1S/C18H30N2O4/c1-18(2,3)24-17(22)20-11-13-7-4-5-8-14(13)19-12-15(21)16-9-6-10-23-16/h6,9-10,13-15,19,21H,4-5,7-8,11-12H2,1-3H3,(H,20,22). The van der Waals surface area contributed by atoms with Gasteiger partial charge in [-0.15, -0.1) is 0 Å². The van der Waals surface area contributed by atoms with Crippen LogP contribution in [0.5, 0.6) is 0 Å². The lowest BCUT2D eigenvalue weighted by Gasteiger charge is -2.33. The molecule has 1 heterocycles. The first kappa shape index (κ1) is 18.8. The second-order valence-corrected chi connectivity index (χ2v) is 7.47. The van der Waals surface area contributed by atoms with Crippen LogP contribution in [0.15, 0.2) is 22.8 Å². The van der Waals surface area contributed by atoms with Crippen molar-refractivity contribution in [1.29, 1.82) is 0 Å². The van der Waals surface area contributed by atoms with E-state index in [2.05, 4.69) is 10.6 Å². The quantitative estimate of drug-likeness (QED) is 0.743. The molecule has 0 radical (unpaired) electrons. The number of hydrogen-bond acceptors (Lipinski definition) is 5. The lowest BCUT2D eigenvalue weighted by atomic mass is 9.84. The zero-order chi connectivity index (χ0) is 17.6. The van der Waals surface area contributed by atoms with E-state index in [1.165, 1.54) is 6.42 Å². The Kier molecular flexibility index (Phi) is 6.69. The normalized spacial score (nSPS) is 22.8. The minimum Gasteiger partial charge on any atom is -0.467 e. The van der Waals surface area contributed by atoms with E-state index in [4.69, 9.17) is 9.15 Å². The number of aliphatic hydroxyl groups excluding tert-OH is 1. The zero-order valence-corrected chi connectivity index (χ0v) is 14.9. The van der Waals surface area contributed by atoms with Gasteiger partial charge >= 0.3 is 6.09 Å². The third kappa shape index (κ3) is 6.17. The molecule has 6 nitrogen and oxygen atoms in total. The van der Waals surface area contributed by atoms with Gasteiger partial charge in [0, 0.05) is 19.1 Å².